The molecule has 1 N–H and O–H groups in total. The zero-order valence-electron chi connectivity index (χ0n) is 12.2. The van der Waals surface area contributed by atoms with Crippen LogP contribution in [0.25, 0.3) is 11.3 Å². The summed E-state index contributed by atoms with van der Waals surface area (Å²) in [4.78, 5) is 12.0. The Morgan fingerprint density at radius 3 is 2.35 bits per heavy atom. The number of hydrogen-bond acceptors (Lipinski definition) is 3. The number of halogens is 1. The molecule has 0 spiro atoms. The number of nitrogens with one attached hydrogen (secondary N) is 1. The average Bonchev–Trinajstić information content (AvgIpc) is 2.62. The van der Waals surface area contributed by atoms with E-state index in [2.05, 4.69) is 15.5 Å². The van der Waals surface area contributed by atoms with Crippen LogP contribution in [0, 0.1) is 5.82 Å². The van der Waals surface area contributed by atoms with E-state index in [9.17, 15) is 9.18 Å². The molecular weight excluding hydrogens is 293 g/mol. The van der Waals surface area contributed by atoms with Gasteiger partial charge in [0.15, 0.2) is 5.69 Å². The molecule has 4 nitrogen and oxygen atoms in total. The highest BCUT2D eigenvalue weighted by Gasteiger charge is 2.09. The fourth-order valence-electron chi connectivity index (χ4n) is 2.12. The molecule has 23 heavy (non-hydrogen) atoms. The van der Waals surface area contributed by atoms with Gasteiger partial charge in [-0.25, -0.2) is 4.39 Å². The van der Waals surface area contributed by atoms with Crippen LogP contribution in [0.4, 0.5) is 4.39 Å². The molecule has 3 aromatic rings. The minimum Gasteiger partial charge on any atom is -0.346 e. The van der Waals surface area contributed by atoms with Crippen molar-refractivity contribution in [3.05, 3.63) is 83.8 Å². The lowest BCUT2D eigenvalue weighted by molar-refractivity contribution is 0.0944. The second-order valence-corrected chi connectivity index (χ2v) is 4.94. The first-order chi connectivity index (χ1) is 11.2. The first-order valence-electron chi connectivity index (χ1n) is 7.15. The molecule has 0 radical (unpaired) electrons. The smallest absolute Gasteiger partial charge is 0.272 e. The van der Waals surface area contributed by atoms with Crippen molar-refractivity contribution in [3.63, 3.8) is 0 Å². The van der Waals surface area contributed by atoms with E-state index in [-0.39, 0.29) is 24.0 Å². The van der Waals surface area contributed by atoms with Crippen LogP contribution >= 0.6 is 0 Å². The fraction of sp³-hybridized carbons (Fsp3) is 0.0556. The van der Waals surface area contributed by atoms with Gasteiger partial charge in [-0.2, -0.15) is 0 Å². The van der Waals surface area contributed by atoms with Crippen LogP contribution in [-0.4, -0.2) is 16.1 Å². The van der Waals surface area contributed by atoms with Gasteiger partial charge in [0.25, 0.3) is 5.91 Å². The van der Waals surface area contributed by atoms with Crippen LogP contribution in [0.2, 0.25) is 0 Å². The molecular formula is C18H14FN3O. The number of carbonyl (C=O) groups is 1. The van der Waals surface area contributed by atoms with Crippen molar-refractivity contribution in [1.29, 1.82) is 0 Å². The third-order valence-corrected chi connectivity index (χ3v) is 3.36. The Morgan fingerprint density at radius 2 is 1.65 bits per heavy atom. The van der Waals surface area contributed by atoms with Gasteiger partial charge in [-0.15, -0.1) is 10.2 Å². The molecule has 0 saturated heterocycles. The van der Waals surface area contributed by atoms with Gasteiger partial charge < -0.3 is 5.32 Å². The highest BCUT2D eigenvalue weighted by atomic mass is 19.1. The minimum atomic E-state index is -0.389. The molecule has 0 atom stereocenters. The summed E-state index contributed by atoms with van der Waals surface area (Å²) in [5, 5.41) is 10.6. The van der Waals surface area contributed by atoms with Crippen LogP contribution < -0.4 is 5.32 Å². The predicted octanol–water partition coefficient (Wildman–Crippen LogP) is 3.21. The SMILES string of the molecule is O=C(NCc1ccccc1F)c1ccc(-c2ccccc2)nn1. The third kappa shape index (κ3) is 3.58. The first-order valence-corrected chi connectivity index (χ1v) is 7.15. The number of benzene rings is 2. The lowest BCUT2D eigenvalue weighted by Crippen LogP contribution is -2.24. The van der Waals surface area contributed by atoms with E-state index in [1.165, 1.54) is 6.07 Å². The third-order valence-electron chi connectivity index (χ3n) is 3.36. The number of rotatable bonds is 4. The summed E-state index contributed by atoms with van der Waals surface area (Å²) in [6, 6.07) is 19.2. The molecule has 2 aromatic carbocycles. The molecule has 0 fully saturated rings. The molecule has 0 saturated carbocycles. The number of amides is 1. The topological polar surface area (TPSA) is 54.9 Å². The number of aromatic nitrogens is 2. The van der Waals surface area contributed by atoms with Gasteiger partial charge in [0, 0.05) is 17.7 Å². The minimum absolute atomic E-state index is 0.105. The van der Waals surface area contributed by atoms with Crippen molar-refractivity contribution >= 4 is 5.91 Å². The summed E-state index contributed by atoms with van der Waals surface area (Å²) in [6.45, 7) is 0.105. The standard InChI is InChI=1S/C18H14FN3O/c19-15-9-5-4-8-14(15)12-20-18(23)17-11-10-16(21-22-17)13-6-2-1-3-7-13/h1-11H,12H2,(H,20,23). The van der Waals surface area contributed by atoms with Crippen molar-refractivity contribution in [2.24, 2.45) is 0 Å². The van der Waals surface area contributed by atoms with E-state index in [4.69, 9.17) is 0 Å². The average molecular weight is 307 g/mol. The van der Waals surface area contributed by atoms with E-state index >= 15 is 0 Å². The normalized spacial score (nSPS) is 10.3. The van der Waals surface area contributed by atoms with Crippen molar-refractivity contribution in [2.45, 2.75) is 6.54 Å². The predicted molar refractivity (Wildman–Crippen MR) is 85.0 cm³/mol. The summed E-state index contributed by atoms with van der Waals surface area (Å²) in [5.74, 6) is -0.737. The second kappa shape index (κ2) is 6.79. The van der Waals surface area contributed by atoms with Crippen LogP contribution in [0.15, 0.2) is 66.7 Å². The van der Waals surface area contributed by atoms with E-state index < -0.39 is 0 Å². The number of carbonyl (C=O) groups excluding carboxylic acids is 1. The van der Waals surface area contributed by atoms with Gasteiger partial charge in [-0.3, -0.25) is 4.79 Å². The molecule has 5 heteroatoms. The monoisotopic (exact) mass is 307 g/mol. The Balaban J connectivity index is 1.67. The van der Waals surface area contributed by atoms with Crippen molar-refractivity contribution < 1.29 is 9.18 Å². The van der Waals surface area contributed by atoms with Crippen LogP contribution in [0.5, 0.6) is 0 Å². The van der Waals surface area contributed by atoms with E-state index in [0.29, 0.717) is 11.3 Å². The second-order valence-electron chi connectivity index (χ2n) is 4.94. The molecule has 1 aromatic heterocycles. The van der Waals surface area contributed by atoms with E-state index in [0.717, 1.165) is 5.56 Å². The maximum Gasteiger partial charge on any atom is 0.272 e. The Bertz CT molecular complexity index is 804. The molecule has 0 aliphatic rings. The summed E-state index contributed by atoms with van der Waals surface area (Å²) < 4.78 is 13.5. The number of nitrogens with zero attached hydrogens (tertiary/aromatic N) is 2. The molecule has 1 amide bonds. The molecule has 1 heterocycles. The Hall–Kier alpha value is -3.08. The molecule has 0 bridgehead atoms. The molecule has 0 unspecified atom stereocenters. The number of hydrogen-bond donors (Lipinski definition) is 1. The van der Waals surface area contributed by atoms with E-state index in [1.807, 2.05) is 30.3 Å². The molecule has 114 valence electrons. The van der Waals surface area contributed by atoms with Crippen LogP contribution in [0.1, 0.15) is 16.1 Å². The Labute approximate surface area is 133 Å². The van der Waals surface area contributed by atoms with E-state index in [1.54, 1.807) is 30.3 Å². The fourth-order valence-corrected chi connectivity index (χ4v) is 2.12. The lowest BCUT2D eigenvalue weighted by Gasteiger charge is -2.06. The Kier molecular flexibility index (Phi) is 4.38. The largest absolute Gasteiger partial charge is 0.346 e. The summed E-state index contributed by atoms with van der Waals surface area (Å²) in [7, 11) is 0. The Morgan fingerprint density at radius 1 is 0.913 bits per heavy atom. The molecule has 0 aliphatic heterocycles. The summed E-state index contributed by atoms with van der Waals surface area (Å²) in [6.07, 6.45) is 0. The van der Waals surface area contributed by atoms with Gasteiger partial charge in [-0.05, 0) is 18.2 Å². The lowest BCUT2D eigenvalue weighted by atomic mass is 10.1. The van der Waals surface area contributed by atoms with Crippen molar-refractivity contribution in [3.8, 4) is 11.3 Å². The van der Waals surface area contributed by atoms with Crippen molar-refractivity contribution in [1.82, 2.24) is 15.5 Å². The zero-order chi connectivity index (χ0) is 16.1. The van der Waals surface area contributed by atoms with Gasteiger partial charge in [-0.1, -0.05) is 48.5 Å². The van der Waals surface area contributed by atoms with Gasteiger partial charge in [0.2, 0.25) is 0 Å². The quantitative estimate of drug-likeness (QED) is 0.805. The van der Waals surface area contributed by atoms with Gasteiger partial charge in [0.1, 0.15) is 5.82 Å². The molecule has 0 aliphatic carbocycles. The van der Waals surface area contributed by atoms with Crippen molar-refractivity contribution in [2.75, 3.05) is 0 Å². The summed E-state index contributed by atoms with van der Waals surface area (Å²) in [5.41, 5.74) is 2.24. The highest BCUT2D eigenvalue weighted by Crippen LogP contribution is 2.15. The zero-order valence-corrected chi connectivity index (χ0v) is 12.2. The maximum atomic E-state index is 13.5. The van der Waals surface area contributed by atoms with Gasteiger partial charge in [0.05, 0.1) is 5.69 Å². The van der Waals surface area contributed by atoms with Gasteiger partial charge >= 0.3 is 0 Å². The molecule has 3 rings (SSSR count). The maximum absolute atomic E-state index is 13.5. The highest BCUT2D eigenvalue weighted by molar-refractivity contribution is 5.92. The summed E-state index contributed by atoms with van der Waals surface area (Å²) >= 11 is 0. The van der Waals surface area contributed by atoms with Crippen LogP contribution in [0.3, 0.4) is 0 Å². The first kappa shape index (κ1) is 14.8. The van der Waals surface area contributed by atoms with Crippen LogP contribution in [-0.2, 0) is 6.54 Å².